The lowest BCUT2D eigenvalue weighted by Crippen LogP contribution is -2.31. The summed E-state index contributed by atoms with van der Waals surface area (Å²) >= 11 is 0. The number of rotatable bonds is 8. The van der Waals surface area contributed by atoms with Gasteiger partial charge in [-0.15, -0.1) is 0 Å². The SMILES string of the molecule is CCC(N)Cc1ccc(OCCC(=O)NC(C)C)cc1. The zero-order valence-corrected chi connectivity index (χ0v) is 12.7. The molecule has 1 atom stereocenters. The zero-order chi connectivity index (χ0) is 15.0. The molecule has 0 fully saturated rings. The van der Waals surface area contributed by atoms with Gasteiger partial charge in [-0.1, -0.05) is 19.1 Å². The molecule has 0 spiro atoms. The van der Waals surface area contributed by atoms with Crippen molar-refractivity contribution in [3.63, 3.8) is 0 Å². The number of hydrogen-bond acceptors (Lipinski definition) is 3. The van der Waals surface area contributed by atoms with Crippen LogP contribution in [0.3, 0.4) is 0 Å². The van der Waals surface area contributed by atoms with Crippen LogP contribution in [0.15, 0.2) is 24.3 Å². The van der Waals surface area contributed by atoms with E-state index in [4.69, 9.17) is 10.5 Å². The molecule has 1 aromatic carbocycles. The van der Waals surface area contributed by atoms with Gasteiger partial charge in [0.15, 0.2) is 0 Å². The van der Waals surface area contributed by atoms with E-state index >= 15 is 0 Å². The number of nitrogens with two attached hydrogens (primary N) is 1. The van der Waals surface area contributed by atoms with E-state index in [1.54, 1.807) is 0 Å². The fraction of sp³-hybridized carbons (Fsp3) is 0.562. The summed E-state index contributed by atoms with van der Waals surface area (Å²) in [5.41, 5.74) is 7.13. The number of carbonyl (C=O) groups is 1. The molecule has 0 bridgehead atoms. The average Bonchev–Trinajstić information content (AvgIpc) is 2.39. The summed E-state index contributed by atoms with van der Waals surface area (Å²) in [5.74, 6) is 0.807. The molecule has 112 valence electrons. The maximum Gasteiger partial charge on any atom is 0.223 e. The van der Waals surface area contributed by atoms with Crippen LogP contribution in [0.4, 0.5) is 0 Å². The minimum Gasteiger partial charge on any atom is -0.493 e. The first-order valence-corrected chi connectivity index (χ1v) is 7.28. The van der Waals surface area contributed by atoms with E-state index in [1.807, 2.05) is 38.1 Å². The molecular formula is C16H26N2O2. The standard InChI is InChI=1S/C16H26N2O2/c1-4-14(17)11-13-5-7-15(8-6-13)20-10-9-16(19)18-12(2)3/h5-8,12,14H,4,9-11,17H2,1-3H3,(H,18,19). The van der Waals surface area contributed by atoms with Crippen molar-refractivity contribution in [2.45, 2.75) is 52.1 Å². The van der Waals surface area contributed by atoms with Gasteiger partial charge in [0.2, 0.25) is 5.91 Å². The molecule has 3 N–H and O–H groups in total. The summed E-state index contributed by atoms with van der Waals surface area (Å²) < 4.78 is 5.55. The summed E-state index contributed by atoms with van der Waals surface area (Å²) in [5, 5.41) is 2.83. The lowest BCUT2D eigenvalue weighted by Gasteiger charge is -2.11. The molecule has 0 saturated heterocycles. The van der Waals surface area contributed by atoms with E-state index in [2.05, 4.69) is 12.2 Å². The van der Waals surface area contributed by atoms with Crippen LogP contribution in [0.1, 0.15) is 39.2 Å². The number of ether oxygens (including phenoxy) is 1. The van der Waals surface area contributed by atoms with Gasteiger partial charge < -0.3 is 15.8 Å². The van der Waals surface area contributed by atoms with Gasteiger partial charge >= 0.3 is 0 Å². The Kier molecular flexibility index (Phi) is 7.09. The highest BCUT2D eigenvalue weighted by Gasteiger charge is 2.04. The largest absolute Gasteiger partial charge is 0.493 e. The van der Waals surface area contributed by atoms with Crippen molar-refractivity contribution in [2.24, 2.45) is 5.73 Å². The number of carbonyl (C=O) groups excluding carboxylic acids is 1. The van der Waals surface area contributed by atoms with Gasteiger partial charge in [0.05, 0.1) is 13.0 Å². The van der Waals surface area contributed by atoms with Crippen LogP contribution in [0.25, 0.3) is 0 Å². The Hall–Kier alpha value is -1.55. The van der Waals surface area contributed by atoms with Crippen molar-refractivity contribution < 1.29 is 9.53 Å². The smallest absolute Gasteiger partial charge is 0.223 e. The second-order valence-corrected chi connectivity index (χ2v) is 5.34. The molecule has 20 heavy (non-hydrogen) atoms. The van der Waals surface area contributed by atoms with E-state index in [0.717, 1.165) is 18.6 Å². The first kappa shape index (κ1) is 16.5. The molecule has 0 heterocycles. The molecule has 0 aliphatic heterocycles. The minimum atomic E-state index is 0.0190. The average molecular weight is 278 g/mol. The highest BCUT2D eigenvalue weighted by molar-refractivity contribution is 5.76. The van der Waals surface area contributed by atoms with Crippen molar-refractivity contribution in [3.8, 4) is 5.75 Å². The molecule has 4 heteroatoms. The first-order chi connectivity index (χ1) is 9.51. The second kappa shape index (κ2) is 8.59. The third kappa shape index (κ3) is 6.57. The third-order valence-electron chi connectivity index (χ3n) is 2.99. The molecule has 0 aliphatic carbocycles. The number of amides is 1. The maximum absolute atomic E-state index is 11.4. The molecule has 0 radical (unpaired) electrons. The fourth-order valence-corrected chi connectivity index (χ4v) is 1.82. The Morgan fingerprint density at radius 1 is 1.30 bits per heavy atom. The Bertz CT molecular complexity index is 401. The van der Waals surface area contributed by atoms with E-state index in [9.17, 15) is 4.79 Å². The second-order valence-electron chi connectivity index (χ2n) is 5.34. The summed E-state index contributed by atoms with van der Waals surface area (Å²) in [6, 6.07) is 8.29. The molecule has 1 unspecified atom stereocenters. The molecule has 0 saturated carbocycles. The van der Waals surface area contributed by atoms with Crippen LogP contribution in [-0.4, -0.2) is 24.6 Å². The maximum atomic E-state index is 11.4. The monoisotopic (exact) mass is 278 g/mol. The Morgan fingerprint density at radius 2 is 1.95 bits per heavy atom. The van der Waals surface area contributed by atoms with Crippen molar-refractivity contribution in [3.05, 3.63) is 29.8 Å². The van der Waals surface area contributed by atoms with Gasteiger partial charge in [-0.25, -0.2) is 0 Å². The molecule has 0 aromatic heterocycles. The molecular weight excluding hydrogens is 252 g/mol. The Balaban J connectivity index is 2.33. The number of nitrogens with one attached hydrogen (secondary N) is 1. The van der Waals surface area contributed by atoms with Crippen LogP contribution in [0.5, 0.6) is 5.75 Å². The lowest BCUT2D eigenvalue weighted by molar-refractivity contribution is -0.122. The number of benzene rings is 1. The van der Waals surface area contributed by atoms with Crippen LogP contribution in [0.2, 0.25) is 0 Å². The van der Waals surface area contributed by atoms with Crippen LogP contribution in [0, 0.1) is 0 Å². The van der Waals surface area contributed by atoms with Gasteiger partial charge in [-0.2, -0.15) is 0 Å². The van der Waals surface area contributed by atoms with Gasteiger partial charge in [0, 0.05) is 12.1 Å². The molecule has 1 aromatic rings. The van der Waals surface area contributed by atoms with Crippen molar-refractivity contribution in [1.82, 2.24) is 5.32 Å². The van der Waals surface area contributed by atoms with Crippen molar-refractivity contribution in [2.75, 3.05) is 6.61 Å². The Labute approximate surface area is 121 Å². The quantitative estimate of drug-likeness (QED) is 0.766. The third-order valence-corrected chi connectivity index (χ3v) is 2.99. The minimum absolute atomic E-state index is 0.0190. The van der Waals surface area contributed by atoms with Crippen LogP contribution >= 0.6 is 0 Å². The highest BCUT2D eigenvalue weighted by Crippen LogP contribution is 2.14. The van der Waals surface area contributed by atoms with E-state index in [1.165, 1.54) is 5.56 Å². The summed E-state index contributed by atoms with van der Waals surface area (Å²) in [7, 11) is 0. The predicted molar refractivity (Wildman–Crippen MR) is 81.8 cm³/mol. The van der Waals surface area contributed by atoms with Crippen molar-refractivity contribution >= 4 is 5.91 Å². The molecule has 1 rings (SSSR count). The molecule has 4 nitrogen and oxygen atoms in total. The van der Waals surface area contributed by atoms with E-state index in [-0.39, 0.29) is 18.0 Å². The zero-order valence-electron chi connectivity index (χ0n) is 12.7. The molecule has 0 aliphatic rings. The lowest BCUT2D eigenvalue weighted by atomic mass is 10.0. The van der Waals surface area contributed by atoms with Gasteiger partial charge in [0.1, 0.15) is 5.75 Å². The topological polar surface area (TPSA) is 64.3 Å². The summed E-state index contributed by atoms with van der Waals surface area (Å²) in [4.78, 5) is 11.4. The number of hydrogen-bond donors (Lipinski definition) is 2. The molecule has 1 amide bonds. The van der Waals surface area contributed by atoms with E-state index in [0.29, 0.717) is 13.0 Å². The summed E-state index contributed by atoms with van der Waals surface area (Å²) in [6.45, 7) is 6.37. The van der Waals surface area contributed by atoms with E-state index < -0.39 is 0 Å². The van der Waals surface area contributed by atoms with Gasteiger partial charge in [-0.3, -0.25) is 4.79 Å². The van der Waals surface area contributed by atoms with Crippen molar-refractivity contribution in [1.29, 1.82) is 0 Å². The van der Waals surface area contributed by atoms with Gasteiger partial charge in [0.25, 0.3) is 0 Å². The normalized spacial score (nSPS) is 12.2. The highest BCUT2D eigenvalue weighted by atomic mass is 16.5. The van der Waals surface area contributed by atoms with Crippen LogP contribution < -0.4 is 15.8 Å². The fourth-order valence-electron chi connectivity index (χ4n) is 1.82. The first-order valence-electron chi connectivity index (χ1n) is 7.28. The predicted octanol–water partition coefficient (Wildman–Crippen LogP) is 2.26. The summed E-state index contributed by atoms with van der Waals surface area (Å²) in [6.07, 6.45) is 2.23. The van der Waals surface area contributed by atoms with Gasteiger partial charge in [-0.05, 0) is 44.4 Å². The van der Waals surface area contributed by atoms with Crippen LogP contribution in [-0.2, 0) is 11.2 Å². The Morgan fingerprint density at radius 3 is 2.50 bits per heavy atom.